The Morgan fingerprint density at radius 1 is 1.04 bits per heavy atom. The SMILES string of the molecule is COc1cc(CCC(=O)Nc2ccc(C)c(F)c2)cc(OC)c1OC. The maximum atomic E-state index is 13.5. The van der Waals surface area contributed by atoms with Gasteiger partial charge in [0.2, 0.25) is 11.7 Å². The van der Waals surface area contributed by atoms with E-state index in [4.69, 9.17) is 14.2 Å². The number of anilines is 1. The molecule has 0 radical (unpaired) electrons. The molecule has 134 valence electrons. The van der Waals surface area contributed by atoms with Gasteiger partial charge in [0.15, 0.2) is 11.5 Å². The Bertz CT molecular complexity index is 736. The lowest BCUT2D eigenvalue weighted by molar-refractivity contribution is -0.116. The fourth-order valence-corrected chi connectivity index (χ4v) is 2.43. The molecule has 0 aromatic heterocycles. The van der Waals surface area contributed by atoms with Crippen molar-refractivity contribution < 1.29 is 23.4 Å². The van der Waals surface area contributed by atoms with Gasteiger partial charge >= 0.3 is 0 Å². The Balaban J connectivity index is 2.04. The van der Waals surface area contributed by atoms with E-state index in [2.05, 4.69) is 5.32 Å². The first-order valence-electron chi connectivity index (χ1n) is 7.83. The molecule has 6 heteroatoms. The molecule has 0 saturated carbocycles. The van der Waals surface area contributed by atoms with Gasteiger partial charge in [0.1, 0.15) is 5.82 Å². The van der Waals surface area contributed by atoms with Gasteiger partial charge in [-0.05, 0) is 48.7 Å². The number of carbonyl (C=O) groups is 1. The quantitative estimate of drug-likeness (QED) is 0.829. The molecule has 0 saturated heterocycles. The summed E-state index contributed by atoms with van der Waals surface area (Å²) >= 11 is 0. The van der Waals surface area contributed by atoms with Crippen LogP contribution < -0.4 is 19.5 Å². The van der Waals surface area contributed by atoms with Crippen molar-refractivity contribution >= 4 is 11.6 Å². The first kappa shape index (κ1) is 18.6. The molecular formula is C19H22FNO4. The Hall–Kier alpha value is -2.76. The third-order valence-corrected chi connectivity index (χ3v) is 3.82. The number of carbonyl (C=O) groups excluding carboxylic acids is 1. The summed E-state index contributed by atoms with van der Waals surface area (Å²) in [5.41, 5.74) is 1.85. The second-order valence-electron chi connectivity index (χ2n) is 5.55. The van der Waals surface area contributed by atoms with Gasteiger partial charge in [0, 0.05) is 12.1 Å². The first-order valence-corrected chi connectivity index (χ1v) is 7.83. The van der Waals surface area contributed by atoms with Crippen LogP contribution in [0.5, 0.6) is 17.2 Å². The topological polar surface area (TPSA) is 56.8 Å². The van der Waals surface area contributed by atoms with Crippen LogP contribution in [0.4, 0.5) is 10.1 Å². The van der Waals surface area contributed by atoms with Crippen LogP contribution in [-0.2, 0) is 11.2 Å². The lowest BCUT2D eigenvalue weighted by atomic mass is 10.1. The third kappa shape index (κ3) is 4.62. The number of hydrogen-bond donors (Lipinski definition) is 1. The summed E-state index contributed by atoms with van der Waals surface area (Å²) in [6.45, 7) is 1.67. The number of rotatable bonds is 7. The number of amides is 1. The van der Waals surface area contributed by atoms with Gasteiger partial charge in [-0.3, -0.25) is 4.79 Å². The molecule has 0 aliphatic heterocycles. The molecule has 0 spiro atoms. The normalized spacial score (nSPS) is 10.3. The van der Waals surface area contributed by atoms with Gasteiger partial charge in [0.25, 0.3) is 0 Å². The standard InChI is InChI=1S/C19H22FNO4/c1-12-5-7-14(11-15(12)20)21-18(22)8-6-13-9-16(23-2)19(25-4)17(10-13)24-3/h5,7,9-11H,6,8H2,1-4H3,(H,21,22). The number of aryl methyl sites for hydroxylation is 2. The van der Waals surface area contributed by atoms with Gasteiger partial charge in [-0.2, -0.15) is 0 Å². The van der Waals surface area contributed by atoms with E-state index in [1.807, 2.05) is 0 Å². The van der Waals surface area contributed by atoms with Crippen molar-refractivity contribution in [2.45, 2.75) is 19.8 Å². The molecule has 2 rings (SSSR count). The van der Waals surface area contributed by atoms with E-state index in [9.17, 15) is 9.18 Å². The van der Waals surface area contributed by atoms with Crippen LogP contribution in [0.25, 0.3) is 0 Å². The van der Waals surface area contributed by atoms with E-state index in [-0.39, 0.29) is 18.1 Å². The molecule has 0 heterocycles. The van der Waals surface area contributed by atoms with Crippen LogP contribution in [-0.4, -0.2) is 27.2 Å². The van der Waals surface area contributed by atoms with Crippen molar-refractivity contribution in [1.29, 1.82) is 0 Å². The van der Waals surface area contributed by atoms with Crippen LogP contribution in [0.15, 0.2) is 30.3 Å². The number of benzene rings is 2. The molecule has 0 aliphatic rings. The van der Waals surface area contributed by atoms with Crippen molar-refractivity contribution in [3.05, 3.63) is 47.3 Å². The summed E-state index contributed by atoms with van der Waals surface area (Å²) in [7, 11) is 4.62. The Labute approximate surface area is 146 Å². The number of ether oxygens (including phenoxy) is 3. The molecule has 2 aromatic rings. The summed E-state index contributed by atoms with van der Waals surface area (Å²) in [4.78, 5) is 12.1. The second-order valence-corrected chi connectivity index (χ2v) is 5.55. The van der Waals surface area contributed by atoms with Crippen LogP contribution >= 0.6 is 0 Å². The summed E-state index contributed by atoms with van der Waals surface area (Å²) in [6, 6.07) is 8.23. The predicted octanol–water partition coefficient (Wildman–Crippen LogP) is 3.73. The fraction of sp³-hybridized carbons (Fsp3) is 0.316. The van der Waals surface area contributed by atoms with Crippen molar-refractivity contribution in [2.75, 3.05) is 26.6 Å². The van der Waals surface area contributed by atoms with Crippen LogP contribution in [0, 0.1) is 12.7 Å². The number of nitrogens with one attached hydrogen (secondary N) is 1. The Morgan fingerprint density at radius 2 is 1.68 bits per heavy atom. The van der Waals surface area contributed by atoms with E-state index in [1.165, 1.54) is 13.2 Å². The summed E-state index contributed by atoms with van der Waals surface area (Å²) in [6.07, 6.45) is 0.727. The van der Waals surface area contributed by atoms with Crippen molar-refractivity contribution in [2.24, 2.45) is 0 Å². The largest absolute Gasteiger partial charge is 0.493 e. The minimum Gasteiger partial charge on any atom is -0.493 e. The number of hydrogen-bond acceptors (Lipinski definition) is 4. The zero-order valence-electron chi connectivity index (χ0n) is 14.8. The molecule has 25 heavy (non-hydrogen) atoms. The highest BCUT2D eigenvalue weighted by molar-refractivity contribution is 5.90. The smallest absolute Gasteiger partial charge is 0.224 e. The van der Waals surface area contributed by atoms with Gasteiger partial charge in [-0.25, -0.2) is 4.39 Å². The molecule has 0 atom stereocenters. The van der Waals surface area contributed by atoms with E-state index >= 15 is 0 Å². The average Bonchev–Trinajstić information content (AvgIpc) is 2.62. The van der Waals surface area contributed by atoms with E-state index in [0.717, 1.165) is 5.56 Å². The number of halogens is 1. The van der Waals surface area contributed by atoms with E-state index < -0.39 is 0 Å². The highest BCUT2D eigenvalue weighted by atomic mass is 19.1. The second kappa shape index (κ2) is 8.37. The van der Waals surface area contributed by atoms with Crippen LogP contribution in [0.2, 0.25) is 0 Å². The zero-order valence-corrected chi connectivity index (χ0v) is 14.8. The summed E-state index contributed by atoms with van der Waals surface area (Å²) < 4.78 is 29.4. The Morgan fingerprint density at radius 3 is 2.20 bits per heavy atom. The maximum absolute atomic E-state index is 13.5. The molecular weight excluding hydrogens is 325 g/mol. The third-order valence-electron chi connectivity index (χ3n) is 3.82. The molecule has 5 nitrogen and oxygen atoms in total. The maximum Gasteiger partial charge on any atom is 0.224 e. The summed E-state index contributed by atoms with van der Waals surface area (Å²) in [5, 5.41) is 2.69. The van der Waals surface area contributed by atoms with E-state index in [0.29, 0.717) is 34.9 Å². The molecule has 1 amide bonds. The van der Waals surface area contributed by atoms with E-state index in [1.54, 1.807) is 45.4 Å². The van der Waals surface area contributed by atoms with Crippen molar-refractivity contribution in [3.63, 3.8) is 0 Å². The Kier molecular flexibility index (Phi) is 6.22. The highest BCUT2D eigenvalue weighted by Gasteiger charge is 2.14. The zero-order chi connectivity index (χ0) is 18.4. The minimum absolute atomic E-state index is 0.197. The lowest BCUT2D eigenvalue weighted by Gasteiger charge is -2.14. The summed E-state index contributed by atoms with van der Waals surface area (Å²) in [5.74, 6) is 1.04. The van der Waals surface area contributed by atoms with Crippen LogP contribution in [0.3, 0.4) is 0 Å². The first-order chi connectivity index (χ1) is 12.0. The minimum atomic E-state index is -0.345. The number of methoxy groups -OCH3 is 3. The van der Waals surface area contributed by atoms with Crippen LogP contribution in [0.1, 0.15) is 17.5 Å². The molecule has 0 unspecified atom stereocenters. The van der Waals surface area contributed by atoms with Gasteiger partial charge in [-0.15, -0.1) is 0 Å². The molecule has 0 fully saturated rings. The van der Waals surface area contributed by atoms with Gasteiger partial charge < -0.3 is 19.5 Å². The average molecular weight is 347 g/mol. The predicted molar refractivity (Wildman–Crippen MR) is 94.2 cm³/mol. The van der Waals surface area contributed by atoms with Crippen molar-refractivity contribution in [3.8, 4) is 17.2 Å². The molecule has 0 aliphatic carbocycles. The van der Waals surface area contributed by atoms with Crippen molar-refractivity contribution in [1.82, 2.24) is 0 Å². The monoisotopic (exact) mass is 347 g/mol. The highest BCUT2D eigenvalue weighted by Crippen LogP contribution is 2.38. The lowest BCUT2D eigenvalue weighted by Crippen LogP contribution is -2.12. The van der Waals surface area contributed by atoms with Gasteiger partial charge in [-0.1, -0.05) is 6.07 Å². The molecule has 1 N–H and O–H groups in total. The molecule has 2 aromatic carbocycles. The fourth-order valence-electron chi connectivity index (χ4n) is 2.43. The molecule has 0 bridgehead atoms. The van der Waals surface area contributed by atoms with Gasteiger partial charge in [0.05, 0.1) is 21.3 Å².